The lowest BCUT2D eigenvalue weighted by atomic mass is 9.84. The van der Waals surface area contributed by atoms with Crippen molar-refractivity contribution in [3.8, 4) is 12.3 Å². The lowest BCUT2D eigenvalue weighted by molar-refractivity contribution is -0.138. The summed E-state index contributed by atoms with van der Waals surface area (Å²) in [5.74, 6) is 1.18. The Morgan fingerprint density at radius 3 is 2.41 bits per heavy atom. The van der Waals surface area contributed by atoms with E-state index in [0.717, 1.165) is 0 Å². The number of carbonyl (C=O) groups is 2. The summed E-state index contributed by atoms with van der Waals surface area (Å²) >= 11 is 0. The molecule has 0 rings (SSSR count). The molecule has 1 atom stereocenters. The molecule has 1 unspecified atom stereocenters. The van der Waals surface area contributed by atoms with E-state index in [4.69, 9.17) is 11.5 Å². The molecule has 96 valence electrons. The maximum atomic E-state index is 11.5. The van der Waals surface area contributed by atoms with E-state index in [9.17, 15) is 9.59 Å². The van der Waals surface area contributed by atoms with Crippen LogP contribution in [0.3, 0.4) is 0 Å². The number of amides is 1. The van der Waals surface area contributed by atoms with Crippen LogP contribution in [0.4, 0.5) is 0 Å². The van der Waals surface area contributed by atoms with Crippen molar-refractivity contribution in [3.63, 3.8) is 0 Å². The molecule has 17 heavy (non-hydrogen) atoms. The smallest absolute Gasteiger partial charge is 0.305 e. The summed E-state index contributed by atoms with van der Waals surface area (Å²) in [4.78, 5) is 22.2. The zero-order valence-corrected chi connectivity index (χ0v) is 10.5. The molecule has 3 N–H and O–H groups in total. The van der Waals surface area contributed by atoms with Crippen LogP contribution in [0.1, 0.15) is 27.2 Å². The zero-order chi connectivity index (χ0) is 13.5. The fourth-order valence-corrected chi connectivity index (χ4v) is 1.24. The minimum absolute atomic E-state index is 0.0929. The molecule has 0 aromatic carbocycles. The highest BCUT2D eigenvalue weighted by molar-refractivity contribution is 5.79. The second-order valence-electron chi connectivity index (χ2n) is 4.89. The number of hydrogen-bond donors (Lipinski definition) is 3. The van der Waals surface area contributed by atoms with Crippen molar-refractivity contribution < 1.29 is 14.7 Å². The van der Waals surface area contributed by atoms with Gasteiger partial charge in [-0.2, -0.15) is 0 Å². The summed E-state index contributed by atoms with van der Waals surface area (Å²) in [5.41, 5.74) is -0.305. The molecule has 0 aliphatic carbocycles. The van der Waals surface area contributed by atoms with Gasteiger partial charge in [-0.25, -0.2) is 0 Å². The van der Waals surface area contributed by atoms with E-state index in [2.05, 4.69) is 16.6 Å². The van der Waals surface area contributed by atoms with Gasteiger partial charge in [0.1, 0.15) is 0 Å². The monoisotopic (exact) mass is 240 g/mol. The third-order valence-corrected chi connectivity index (χ3v) is 2.27. The first-order chi connectivity index (χ1) is 7.77. The summed E-state index contributed by atoms with van der Waals surface area (Å²) in [6, 6.07) is -0.403. The molecule has 0 saturated carbocycles. The van der Waals surface area contributed by atoms with Crippen LogP contribution in [0.2, 0.25) is 0 Å². The fourth-order valence-electron chi connectivity index (χ4n) is 1.24. The Hall–Kier alpha value is -1.54. The largest absolute Gasteiger partial charge is 0.481 e. The molecule has 0 aliphatic heterocycles. The van der Waals surface area contributed by atoms with E-state index >= 15 is 0 Å². The van der Waals surface area contributed by atoms with Crippen molar-refractivity contribution in [2.75, 3.05) is 13.1 Å². The van der Waals surface area contributed by atoms with Crippen molar-refractivity contribution in [2.45, 2.75) is 33.2 Å². The summed E-state index contributed by atoms with van der Waals surface area (Å²) in [7, 11) is 0. The number of rotatable bonds is 6. The fraction of sp³-hybridized carbons (Fsp3) is 0.667. The number of nitrogens with one attached hydrogen (secondary N) is 2. The SMILES string of the molecule is C#CCNCC(=O)NC(CC(=O)O)C(C)(C)C. The third-order valence-electron chi connectivity index (χ3n) is 2.27. The molecule has 0 aromatic rings. The molecule has 0 aliphatic rings. The predicted octanol–water partition coefficient (Wildman–Crippen LogP) is 0.215. The molecule has 0 spiro atoms. The van der Waals surface area contributed by atoms with Gasteiger partial charge in [0.25, 0.3) is 0 Å². The highest BCUT2D eigenvalue weighted by Gasteiger charge is 2.28. The van der Waals surface area contributed by atoms with E-state index in [1.807, 2.05) is 20.8 Å². The van der Waals surface area contributed by atoms with E-state index in [-0.39, 0.29) is 24.3 Å². The molecular weight excluding hydrogens is 220 g/mol. The second kappa shape index (κ2) is 6.92. The average molecular weight is 240 g/mol. The van der Waals surface area contributed by atoms with Gasteiger partial charge < -0.3 is 10.4 Å². The molecule has 0 saturated heterocycles. The Morgan fingerprint density at radius 2 is 2.00 bits per heavy atom. The molecule has 0 bridgehead atoms. The lowest BCUT2D eigenvalue weighted by Crippen LogP contribution is -2.47. The van der Waals surface area contributed by atoms with Gasteiger partial charge in [-0.05, 0) is 5.41 Å². The van der Waals surface area contributed by atoms with Gasteiger partial charge in [-0.1, -0.05) is 26.7 Å². The van der Waals surface area contributed by atoms with E-state index in [1.54, 1.807) is 0 Å². The van der Waals surface area contributed by atoms with Gasteiger partial charge in [-0.3, -0.25) is 14.9 Å². The van der Waals surface area contributed by atoms with Crippen LogP contribution in [-0.2, 0) is 9.59 Å². The Kier molecular flexibility index (Phi) is 6.29. The number of hydrogen-bond acceptors (Lipinski definition) is 3. The van der Waals surface area contributed by atoms with Crippen LogP contribution in [0.5, 0.6) is 0 Å². The van der Waals surface area contributed by atoms with Crippen molar-refractivity contribution in [3.05, 3.63) is 0 Å². The Morgan fingerprint density at radius 1 is 1.41 bits per heavy atom. The first-order valence-electron chi connectivity index (χ1n) is 5.42. The molecule has 0 heterocycles. The Labute approximate surface area is 102 Å². The molecule has 5 nitrogen and oxygen atoms in total. The van der Waals surface area contributed by atoms with Gasteiger partial charge >= 0.3 is 5.97 Å². The molecule has 5 heteroatoms. The summed E-state index contributed by atoms with van der Waals surface area (Å²) in [5, 5.41) is 14.2. The maximum Gasteiger partial charge on any atom is 0.305 e. The van der Waals surface area contributed by atoms with Crippen LogP contribution < -0.4 is 10.6 Å². The summed E-state index contributed by atoms with van der Waals surface area (Å²) in [6.07, 6.45) is 4.94. The first kappa shape index (κ1) is 15.5. The van der Waals surface area contributed by atoms with E-state index in [0.29, 0.717) is 6.54 Å². The molecule has 0 radical (unpaired) electrons. The first-order valence-corrected chi connectivity index (χ1v) is 5.42. The quantitative estimate of drug-likeness (QED) is 0.458. The summed E-state index contributed by atoms with van der Waals surface area (Å²) < 4.78 is 0. The maximum absolute atomic E-state index is 11.5. The standard InChI is InChI=1S/C12H20N2O3/c1-5-6-13-8-10(15)14-9(7-11(16)17)12(2,3)4/h1,9,13H,6-8H2,2-4H3,(H,14,15)(H,16,17). The normalized spacial score (nSPS) is 12.6. The third kappa shape index (κ3) is 7.36. The van der Waals surface area contributed by atoms with Crippen LogP contribution in [0, 0.1) is 17.8 Å². The van der Waals surface area contributed by atoms with Crippen LogP contribution in [0.25, 0.3) is 0 Å². The number of terminal acetylenes is 1. The molecular formula is C12H20N2O3. The number of carboxylic acid groups (broad SMARTS) is 1. The number of carbonyl (C=O) groups excluding carboxylic acids is 1. The Balaban J connectivity index is 4.30. The summed E-state index contributed by atoms with van der Waals surface area (Å²) in [6.45, 7) is 6.06. The van der Waals surface area contributed by atoms with E-state index in [1.165, 1.54) is 0 Å². The van der Waals surface area contributed by atoms with Crippen LogP contribution in [0.15, 0.2) is 0 Å². The van der Waals surface area contributed by atoms with Crippen molar-refractivity contribution in [1.82, 2.24) is 10.6 Å². The van der Waals surface area contributed by atoms with Gasteiger partial charge in [0, 0.05) is 6.04 Å². The average Bonchev–Trinajstić information content (AvgIpc) is 2.15. The van der Waals surface area contributed by atoms with Gasteiger partial charge in [0.15, 0.2) is 0 Å². The van der Waals surface area contributed by atoms with Crippen molar-refractivity contribution >= 4 is 11.9 Å². The van der Waals surface area contributed by atoms with Crippen molar-refractivity contribution in [2.24, 2.45) is 5.41 Å². The number of carboxylic acids is 1. The molecule has 0 fully saturated rings. The highest BCUT2D eigenvalue weighted by Crippen LogP contribution is 2.21. The van der Waals surface area contributed by atoms with Crippen molar-refractivity contribution in [1.29, 1.82) is 0 Å². The molecule has 0 aromatic heterocycles. The lowest BCUT2D eigenvalue weighted by Gasteiger charge is -2.30. The second-order valence-corrected chi connectivity index (χ2v) is 4.89. The highest BCUT2D eigenvalue weighted by atomic mass is 16.4. The van der Waals surface area contributed by atoms with Gasteiger partial charge in [0.2, 0.25) is 5.91 Å². The topological polar surface area (TPSA) is 78.4 Å². The van der Waals surface area contributed by atoms with Crippen LogP contribution in [-0.4, -0.2) is 36.1 Å². The van der Waals surface area contributed by atoms with Gasteiger partial charge in [0.05, 0.1) is 19.5 Å². The minimum atomic E-state index is -0.929. The number of aliphatic carboxylic acids is 1. The molecule has 1 amide bonds. The minimum Gasteiger partial charge on any atom is -0.481 e. The zero-order valence-electron chi connectivity index (χ0n) is 10.5. The van der Waals surface area contributed by atoms with E-state index < -0.39 is 12.0 Å². The Bertz CT molecular complexity index is 313. The predicted molar refractivity (Wildman–Crippen MR) is 65.3 cm³/mol. The van der Waals surface area contributed by atoms with Gasteiger partial charge in [-0.15, -0.1) is 6.42 Å². The van der Waals surface area contributed by atoms with Crippen LogP contribution >= 0.6 is 0 Å².